The molecule has 0 aromatic rings. The number of aliphatic hydroxyl groups is 13. The summed E-state index contributed by atoms with van der Waals surface area (Å²) in [4.78, 5) is 0. The van der Waals surface area contributed by atoms with E-state index in [2.05, 4.69) is 0 Å². The van der Waals surface area contributed by atoms with Gasteiger partial charge in [-0.25, -0.2) is 0 Å². The zero-order chi connectivity index (χ0) is 32.5. The second kappa shape index (κ2) is 15.4. The van der Waals surface area contributed by atoms with Crippen LogP contribution < -0.4 is 0 Å². The monoisotopic (exact) mass is 650 g/mol. The smallest absolute Gasteiger partial charge is 0.187 e. The van der Waals surface area contributed by atoms with E-state index in [1.165, 1.54) is 0 Å². The Kier molecular flexibility index (Phi) is 12.6. The fourth-order valence-corrected chi connectivity index (χ4v) is 5.56. The summed E-state index contributed by atoms with van der Waals surface area (Å²) in [6.07, 6.45) is -31.7. The molecule has 4 rings (SSSR count). The zero-order valence-electron chi connectivity index (χ0n) is 23.2. The van der Waals surface area contributed by atoms with E-state index >= 15 is 0 Å². The molecule has 4 aliphatic heterocycles. The number of hydrogen-bond donors (Lipinski definition) is 13. The van der Waals surface area contributed by atoms with Crippen molar-refractivity contribution in [3.05, 3.63) is 0 Å². The minimum absolute atomic E-state index is 0.298. The first kappa shape index (κ1) is 36.0. The predicted octanol–water partition coefficient (Wildman–Crippen LogP) is -8.72. The Balaban J connectivity index is 1.42. The lowest BCUT2D eigenvalue weighted by Gasteiger charge is -2.48. The lowest BCUT2D eigenvalue weighted by atomic mass is 9.96. The molecule has 0 bridgehead atoms. The molecule has 0 radical (unpaired) electrons. The number of ether oxygens (including phenoxy) is 7. The van der Waals surface area contributed by atoms with Crippen molar-refractivity contribution in [1.29, 1.82) is 0 Å². The number of rotatable bonds is 10. The highest BCUT2D eigenvalue weighted by Gasteiger charge is 2.54. The third-order valence-electron chi connectivity index (χ3n) is 8.06. The maximum absolute atomic E-state index is 10.9. The highest BCUT2D eigenvalue weighted by Crippen LogP contribution is 2.34. The van der Waals surface area contributed by atoms with Crippen LogP contribution in [0, 0.1) is 0 Å². The first-order chi connectivity index (χ1) is 20.9. The molecule has 20 heteroatoms. The number of hydrogen-bond acceptors (Lipinski definition) is 20. The second-order valence-corrected chi connectivity index (χ2v) is 11.0. The molecule has 0 amide bonds. The van der Waals surface area contributed by atoms with Crippen LogP contribution in [0.2, 0.25) is 0 Å². The third-order valence-corrected chi connectivity index (χ3v) is 8.06. The molecule has 0 aliphatic carbocycles. The van der Waals surface area contributed by atoms with Crippen molar-refractivity contribution in [3.63, 3.8) is 0 Å². The summed E-state index contributed by atoms with van der Waals surface area (Å²) < 4.78 is 38.0. The SMILES string of the molecule is OC[C@H]1O[C@H](O[C@H]2[C@H](O)[C@@H](O)[C@@H](O[C@H]3[C@H](O)[C@@H](O)[C@@H](O[C@H]4[C@H](O)CC(O)O[C@@H]4CO)O[C@@H]3CO)O[C@@H]2CO)[C@H](O)[C@@H](O)[C@@H]1O. The van der Waals surface area contributed by atoms with E-state index in [1.54, 1.807) is 0 Å². The first-order valence-corrected chi connectivity index (χ1v) is 14.0. The lowest BCUT2D eigenvalue weighted by Crippen LogP contribution is -2.67. The van der Waals surface area contributed by atoms with Gasteiger partial charge in [-0.2, -0.15) is 0 Å². The van der Waals surface area contributed by atoms with Gasteiger partial charge in [0, 0.05) is 6.42 Å². The minimum atomic E-state index is -1.99. The van der Waals surface area contributed by atoms with E-state index in [-0.39, 0.29) is 6.42 Å². The molecule has 1 unspecified atom stereocenters. The summed E-state index contributed by atoms with van der Waals surface area (Å²) >= 11 is 0. The molecule has 20 nitrogen and oxygen atoms in total. The van der Waals surface area contributed by atoms with Crippen LogP contribution >= 0.6 is 0 Å². The van der Waals surface area contributed by atoms with Gasteiger partial charge in [-0.05, 0) is 0 Å². The average Bonchev–Trinajstić information content (AvgIpc) is 3.00. The van der Waals surface area contributed by atoms with Gasteiger partial charge in [-0.15, -0.1) is 0 Å². The summed E-state index contributed by atoms with van der Waals surface area (Å²) in [5.41, 5.74) is 0. The second-order valence-electron chi connectivity index (χ2n) is 11.0. The van der Waals surface area contributed by atoms with Gasteiger partial charge in [0.15, 0.2) is 25.2 Å². The van der Waals surface area contributed by atoms with Crippen LogP contribution in [0.15, 0.2) is 0 Å². The maximum atomic E-state index is 10.9. The Bertz CT molecular complexity index is 881. The van der Waals surface area contributed by atoms with Gasteiger partial charge in [0.25, 0.3) is 0 Å². The molecule has 0 spiro atoms. The van der Waals surface area contributed by atoms with E-state index in [1.807, 2.05) is 0 Å². The molecule has 4 fully saturated rings. The van der Waals surface area contributed by atoms with Crippen molar-refractivity contribution in [3.8, 4) is 0 Å². The highest BCUT2D eigenvalue weighted by molar-refractivity contribution is 4.97. The summed E-state index contributed by atoms with van der Waals surface area (Å²) in [6.45, 7) is -3.18. The summed E-state index contributed by atoms with van der Waals surface area (Å²) in [5, 5.41) is 132. The van der Waals surface area contributed by atoms with Crippen molar-refractivity contribution in [2.45, 2.75) is 123 Å². The Morgan fingerprint density at radius 2 is 0.773 bits per heavy atom. The molecular formula is C24H42O20. The Hall–Kier alpha value is -0.800. The predicted molar refractivity (Wildman–Crippen MR) is 132 cm³/mol. The molecule has 0 aromatic carbocycles. The fraction of sp³-hybridized carbons (Fsp3) is 1.00. The van der Waals surface area contributed by atoms with E-state index in [0.29, 0.717) is 0 Å². The number of aliphatic hydroxyl groups excluding tert-OH is 13. The zero-order valence-corrected chi connectivity index (χ0v) is 23.2. The normalized spacial score (nSPS) is 52.2. The molecule has 0 aromatic heterocycles. The van der Waals surface area contributed by atoms with Crippen molar-refractivity contribution in [1.82, 2.24) is 0 Å². The van der Waals surface area contributed by atoms with Crippen LogP contribution in [0.1, 0.15) is 6.42 Å². The van der Waals surface area contributed by atoms with Crippen molar-refractivity contribution < 1.29 is 99.5 Å². The Labute approximate surface area is 249 Å². The summed E-state index contributed by atoms with van der Waals surface area (Å²) in [7, 11) is 0. The minimum Gasteiger partial charge on any atom is -0.394 e. The van der Waals surface area contributed by atoms with Crippen molar-refractivity contribution in [2.75, 3.05) is 26.4 Å². The van der Waals surface area contributed by atoms with Gasteiger partial charge in [0.1, 0.15) is 85.5 Å². The Morgan fingerprint density at radius 3 is 1.20 bits per heavy atom. The maximum Gasteiger partial charge on any atom is 0.187 e. The van der Waals surface area contributed by atoms with Gasteiger partial charge < -0.3 is 99.5 Å². The van der Waals surface area contributed by atoms with Crippen LogP contribution in [-0.4, -0.2) is 210 Å². The van der Waals surface area contributed by atoms with Gasteiger partial charge in [0.05, 0.1) is 32.5 Å². The largest absolute Gasteiger partial charge is 0.394 e. The molecular weight excluding hydrogens is 608 g/mol. The first-order valence-electron chi connectivity index (χ1n) is 14.0. The standard InChI is InChI=1S/C24H42O20/c25-2-7-12(31)13(32)16(35)22(39-7)43-20-10(5-28)41-24(18(37)15(20)34)44-21-9(4-27)40-23(17(36)14(21)33)42-19-6(29)1-11(30)38-8(19)3-26/h6-37H,1-5H2/t6-,7-,8-,9-,10-,11?,12-,13+,14-,15-,16-,17-,18-,19+,20-,21-,22-,23-,24-/m1/s1. The Morgan fingerprint density at radius 1 is 0.409 bits per heavy atom. The van der Waals surface area contributed by atoms with Crippen molar-refractivity contribution >= 4 is 0 Å². The van der Waals surface area contributed by atoms with Gasteiger partial charge in [-0.3, -0.25) is 0 Å². The molecule has 13 N–H and O–H groups in total. The van der Waals surface area contributed by atoms with E-state index in [9.17, 15) is 66.4 Å². The van der Waals surface area contributed by atoms with Crippen LogP contribution in [0.3, 0.4) is 0 Å². The van der Waals surface area contributed by atoms with Crippen LogP contribution in [0.5, 0.6) is 0 Å². The fourth-order valence-electron chi connectivity index (χ4n) is 5.56. The van der Waals surface area contributed by atoms with Crippen LogP contribution in [0.4, 0.5) is 0 Å². The molecule has 44 heavy (non-hydrogen) atoms. The topological polar surface area (TPSA) is 328 Å². The summed E-state index contributed by atoms with van der Waals surface area (Å²) in [5.74, 6) is 0. The average molecular weight is 651 g/mol. The highest BCUT2D eigenvalue weighted by atomic mass is 16.8. The molecule has 4 aliphatic rings. The van der Waals surface area contributed by atoms with Gasteiger partial charge in [0.2, 0.25) is 0 Å². The molecule has 19 atom stereocenters. The van der Waals surface area contributed by atoms with Crippen LogP contribution in [-0.2, 0) is 33.2 Å². The lowest BCUT2D eigenvalue weighted by molar-refractivity contribution is -0.385. The van der Waals surface area contributed by atoms with Gasteiger partial charge >= 0.3 is 0 Å². The van der Waals surface area contributed by atoms with Gasteiger partial charge in [-0.1, -0.05) is 0 Å². The summed E-state index contributed by atoms with van der Waals surface area (Å²) in [6, 6.07) is 0. The molecule has 258 valence electrons. The van der Waals surface area contributed by atoms with E-state index in [0.717, 1.165) is 0 Å². The van der Waals surface area contributed by atoms with E-state index < -0.39 is 143 Å². The third kappa shape index (κ3) is 7.35. The van der Waals surface area contributed by atoms with Crippen molar-refractivity contribution in [2.24, 2.45) is 0 Å². The molecule has 4 heterocycles. The van der Waals surface area contributed by atoms with Crippen LogP contribution in [0.25, 0.3) is 0 Å². The quantitative estimate of drug-likeness (QED) is 0.104. The molecule has 0 saturated carbocycles. The van der Waals surface area contributed by atoms with E-state index in [4.69, 9.17) is 33.2 Å². The molecule has 4 saturated heterocycles.